The molecule has 0 aliphatic heterocycles. The van der Waals surface area contributed by atoms with E-state index in [1.807, 2.05) is 13.8 Å². The second-order valence-corrected chi connectivity index (χ2v) is 4.16. The molecule has 1 aromatic carbocycles. The summed E-state index contributed by atoms with van der Waals surface area (Å²) < 4.78 is 26.6. The fourth-order valence-corrected chi connectivity index (χ4v) is 1.33. The van der Waals surface area contributed by atoms with Gasteiger partial charge in [0.05, 0.1) is 12.2 Å². The van der Waals surface area contributed by atoms with Crippen molar-refractivity contribution in [2.75, 3.05) is 11.9 Å². The minimum Gasteiger partial charge on any atom is -0.374 e. The first-order valence-corrected chi connectivity index (χ1v) is 5.39. The van der Waals surface area contributed by atoms with Crippen molar-refractivity contribution >= 4 is 11.6 Å². The molecule has 0 bridgehead atoms. The first kappa shape index (κ1) is 13.4. The molecule has 1 aromatic rings. The predicted octanol–water partition coefficient (Wildman–Crippen LogP) is 2.21. The van der Waals surface area contributed by atoms with Crippen molar-refractivity contribution in [3.63, 3.8) is 0 Å². The maximum Gasteiger partial charge on any atom is 0.239 e. The van der Waals surface area contributed by atoms with Gasteiger partial charge in [0.1, 0.15) is 11.6 Å². The minimum atomic E-state index is -0.568. The van der Waals surface area contributed by atoms with Crippen LogP contribution >= 0.6 is 0 Å². The molecular formula is C12H16F2N2O. The minimum absolute atomic E-state index is 0.00740. The lowest BCUT2D eigenvalue weighted by atomic mass is 10.2. The normalized spacial score (nSPS) is 10.5. The number of amides is 1. The maximum absolute atomic E-state index is 13.4. The lowest BCUT2D eigenvalue weighted by Crippen LogP contribution is -2.35. The maximum atomic E-state index is 13.4. The molecule has 5 heteroatoms. The van der Waals surface area contributed by atoms with Crippen molar-refractivity contribution in [3.8, 4) is 0 Å². The summed E-state index contributed by atoms with van der Waals surface area (Å²) in [7, 11) is 0. The summed E-state index contributed by atoms with van der Waals surface area (Å²) in [5, 5.41) is 5.20. The smallest absolute Gasteiger partial charge is 0.239 e. The average Bonchev–Trinajstić information content (AvgIpc) is 2.20. The summed E-state index contributed by atoms with van der Waals surface area (Å²) in [6.45, 7) is 5.04. The molecule has 17 heavy (non-hydrogen) atoms. The largest absolute Gasteiger partial charge is 0.374 e. The lowest BCUT2D eigenvalue weighted by Gasteiger charge is -2.11. The third-order valence-electron chi connectivity index (χ3n) is 2.14. The Hall–Kier alpha value is -1.65. The third kappa shape index (κ3) is 4.01. The molecule has 0 atom stereocenters. The highest BCUT2D eigenvalue weighted by atomic mass is 19.1. The lowest BCUT2D eigenvalue weighted by molar-refractivity contribution is -0.119. The van der Waals surface area contributed by atoms with Crippen LogP contribution in [-0.2, 0) is 4.79 Å². The highest BCUT2D eigenvalue weighted by Crippen LogP contribution is 2.18. The van der Waals surface area contributed by atoms with Gasteiger partial charge in [0, 0.05) is 12.1 Å². The van der Waals surface area contributed by atoms with Gasteiger partial charge in [-0.05, 0) is 32.4 Å². The second-order valence-electron chi connectivity index (χ2n) is 4.16. The van der Waals surface area contributed by atoms with Crippen LogP contribution in [0.25, 0.3) is 0 Å². The topological polar surface area (TPSA) is 41.1 Å². The number of hydrogen-bond acceptors (Lipinski definition) is 2. The Morgan fingerprint density at radius 3 is 2.53 bits per heavy atom. The number of rotatable bonds is 4. The van der Waals surface area contributed by atoms with Gasteiger partial charge in [-0.15, -0.1) is 0 Å². The number of carbonyl (C=O) groups is 1. The van der Waals surface area contributed by atoms with Gasteiger partial charge in [-0.2, -0.15) is 0 Å². The number of aryl methyl sites for hydroxylation is 1. The van der Waals surface area contributed by atoms with E-state index in [4.69, 9.17) is 0 Å². The van der Waals surface area contributed by atoms with E-state index >= 15 is 0 Å². The molecule has 0 radical (unpaired) electrons. The predicted molar refractivity (Wildman–Crippen MR) is 62.9 cm³/mol. The van der Waals surface area contributed by atoms with Crippen LogP contribution in [0.4, 0.5) is 14.5 Å². The Balaban J connectivity index is 2.63. The zero-order valence-corrected chi connectivity index (χ0v) is 10.1. The third-order valence-corrected chi connectivity index (χ3v) is 2.14. The average molecular weight is 242 g/mol. The van der Waals surface area contributed by atoms with Crippen LogP contribution in [-0.4, -0.2) is 18.5 Å². The molecule has 0 heterocycles. The van der Waals surface area contributed by atoms with Crippen LogP contribution in [0.2, 0.25) is 0 Å². The van der Waals surface area contributed by atoms with Crippen LogP contribution < -0.4 is 10.6 Å². The molecule has 3 nitrogen and oxygen atoms in total. The first-order valence-electron chi connectivity index (χ1n) is 5.39. The Morgan fingerprint density at radius 1 is 1.29 bits per heavy atom. The monoisotopic (exact) mass is 242 g/mol. The summed E-state index contributed by atoms with van der Waals surface area (Å²) in [4.78, 5) is 11.3. The molecule has 2 N–H and O–H groups in total. The van der Waals surface area contributed by atoms with E-state index in [0.717, 1.165) is 12.1 Å². The quantitative estimate of drug-likeness (QED) is 0.850. The van der Waals surface area contributed by atoms with Gasteiger partial charge < -0.3 is 10.6 Å². The summed E-state index contributed by atoms with van der Waals surface area (Å²) in [6, 6.07) is 2.16. The van der Waals surface area contributed by atoms with E-state index in [1.165, 1.54) is 6.92 Å². The molecule has 0 spiro atoms. The summed E-state index contributed by atoms with van der Waals surface area (Å²) in [5.74, 6) is -1.33. The standard InChI is InChI=1S/C12H16F2N2O/c1-7(2)16-12(17)6-15-11-5-9(13)8(3)4-10(11)14/h4-5,7,15H,6H2,1-3H3,(H,16,17). The Bertz CT molecular complexity index is 419. The molecule has 1 amide bonds. The van der Waals surface area contributed by atoms with Crippen LogP contribution in [0.15, 0.2) is 12.1 Å². The Kier molecular flexibility index (Phi) is 4.43. The van der Waals surface area contributed by atoms with Gasteiger partial charge >= 0.3 is 0 Å². The molecule has 0 aromatic heterocycles. The Labute approximate surface area is 99.2 Å². The molecule has 94 valence electrons. The van der Waals surface area contributed by atoms with E-state index in [-0.39, 0.29) is 29.7 Å². The summed E-state index contributed by atoms with van der Waals surface area (Å²) in [5.41, 5.74) is 0.228. The van der Waals surface area contributed by atoms with E-state index < -0.39 is 11.6 Å². The number of anilines is 1. The highest BCUT2D eigenvalue weighted by Gasteiger charge is 2.09. The fourth-order valence-electron chi connectivity index (χ4n) is 1.33. The van der Waals surface area contributed by atoms with Crippen molar-refractivity contribution in [2.24, 2.45) is 0 Å². The van der Waals surface area contributed by atoms with E-state index in [9.17, 15) is 13.6 Å². The van der Waals surface area contributed by atoms with Crippen LogP contribution in [0.3, 0.4) is 0 Å². The van der Waals surface area contributed by atoms with E-state index in [0.29, 0.717) is 0 Å². The molecular weight excluding hydrogens is 226 g/mol. The number of halogens is 2. The summed E-state index contributed by atoms with van der Waals surface area (Å²) >= 11 is 0. The second kappa shape index (κ2) is 5.61. The number of hydrogen-bond donors (Lipinski definition) is 2. The number of nitrogens with one attached hydrogen (secondary N) is 2. The molecule has 0 saturated carbocycles. The number of benzene rings is 1. The molecule has 0 unspecified atom stereocenters. The SMILES string of the molecule is Cc1cc(F)c(NCC(=O)NC(C)C)cc1F. The number of carbonyl (C=O) groups excluding carboxylic acids is 1. The van der Waals surface area contributed by atoms with Crippen molar-refractivity contribution in [1.82, 2.24) is 5.32 Å². The van der Waals surface area contributed by atoms with Crippen molar-refractivity contribution in [3.05, 3.63) is 29.3 Å². The molecule has 0 aliphatic carbocycles. The van der Waals surface area contributed by atoms with E-state index in [2.05, 4.69) is 10.6 Å². The zero-order chi connectivity index (χ0) is 13.0. The summed E-state index contributed by atoms with van der Waals surface area (Å²) in [6.07, 6.45) is 0. The van der Waals surface area contributed by atoms with Gasteiger partial charge in [0.2, 0.25) is 5.91 Å². The van der Waals surface area contributed by atoms with Gasteiger partial charge in [-0.1, -0.05) is 0 Å². The van der Waals surface area contributed by atoms with Gasteiger partial charge in [0.15, 0.2) is 0 Å². The van der Waals surface area contributed by atoms with Crippen LogP contribution in [0, 0.1) is 18.6 Å². The fraction of sp³-hybridized carbons (Fsp3) is 0.417. The van der Waals surface area contributed by atoms with Crippen molar-refractivity contribution in [2.45, 2.75) is 26.8 Å². The van der Waals surface area contributed by atoms with Crippen molar-refractivity contribution < 1.29 is 13.6 Å². The van der Waals surface area contributed by atoms with Crippen molar-refractivity contribution in [1.29, 1.82) is 0 Å². The van der Waals surface area contributed by atoms with Crippen LogP contribution in [0.5, 0.6) is 0 Å². The van der Waals surface area contributed by atoms with Gasteiger partial charge in [-0.3, -0.25) is 4.79 Å². The van der Waals surface area contributed by atoms with Crippen LogP contribution in [0.1, 0.15) is 19.4 Å². The zero-order valence-electron chi connectivity index (χ0n) is 10.1. The van der Waals surface area contributed by atoms with Gasteiger partial charge in [-0.25, -0.2) is 8.78 Å². The van der Waals surface area contributed by atoms with E-state index in [1.54, 1.807) is 0 Å². The van der Waals surface area contributed by atoms with Gasteiger partial charge in [0.25, 0.3) is 0 Å². The molecule has 0 saturated heterocycles. The molecule has 1 rings (SSSR count). The molecule has 0 aliphatic rings. The first-order chi connectivity index (χ1) is 7.90. The highest BCUT2D eigenvalue weighted by molar-refractivity contribution is 5.80. The Morgan fingerprint density at radius 2 is 1.94 bits per heavy atom. The molecule has 0 fully saturated rings.